The summed E-state index contributed by atoms with van der Waals surface area (Å²) in [5.74, 6) is -1.13. The topological polar surface area (TPSA) is 71.5 Å². The summed E-state index contributed by atoms with van der Waals surface area (Å²) in [4.78, 5) is -1.02. The Morgan fingerprint density at radius 2 is 1.84 bits per heavy atom. The maximum atomic E-state index is 13.8. The minimum Gasteiger partial charge on any atom is -0.207 e. The Kier molecular flexibility index (Phi) is 3.63. The van der Waals surface area contributed by atoms with Crippen molar-refractivity contribution in [1.29, 1.82) is 0 Å². The van der Waals surface area contributed by atoms with Gasteiger partial charge >= 0.3 is 0 Å². The molecular formula is C10H11ClFNO4S2. The maximum absolute atomic E-state index is 13.8. The van der Waals surface area contributed by atoms with Gasteiger partial charge < -0.3 is 0 Å². The van der Waals surface area contributed by atoms with Gasteiger partial charge in [-0.1, -0.05) is 0 Å². The molecule has 19 heavy (non-hydrogen) atoms. The molecule has 0 spiro atoms. The summed E-state index contributed by atoms with van der Waals surface area (Å²) in [6, 6.07) is 2.38. The van der Waals surface area contributed by atoms with Gasteiger partial charge in [-0.15, -0.1) is 0 Å². The van der Waals surface area contributed by atoms with E-state index >= 15 is 0 Å². The number of nitrogens with zero attached hydrogens (tertiary/aromatic N) is 1. The number of halogens is 2. The smallest absolute Gasteiger partial charge is 0.207 e. The van der Waals surface area contributed by atoms with E-state index in [1.54, 1.807) is 0 Å². The Morgan fingerprint density at radius 3 is 2.26 bits per heavy atom. The van der Waals surface area contributed by atoms with Gasteiger partial charge in [0.2, 0.25) is 10.0 Å². The van der Waals surface area contributed by atoms with Crippen molar-refractivity contribution in [2.24, 2.45) is 0 Å². The van der Waals surface area contributed by atoms with Crippen LogP contribution in [0.25, 0.3) is 0 Å². The fourth-order valence-electron chi connectivity index (χ4n) is 1.63. The lowest BCUT2D eigenvalue weighted by Crippen LogP contribution is -2.29. The van der Waals surface area contributed by atoms with Gasteiger partial charge in [-0.3, -0.25) is 0 Å². The van der Waals surface area contributed by atoms with Crippen molar-refractivity contribution in [2.75, 3.05) is 7.05 Å². The highest BCUT2D eigenvalue weighted by Gasteiger charge is 2.36. The van der Waals surface area contributed by atoms with E-state index in [-0.39, 0.29) is 6.04 Å². The molecule has 1 aliphatic rings. The normalized spacial score (nSPS) is 16.8. The predicted octanol–water partition coefficient (Wildman–Crippen LogP) is 1.54. The zero-order valence-corrected chi connectivity index (χ0v) is 12.3. The van der Waals surface area contributed by atoms with Gasteiger partial charge in [0.25, 0.3) is 9.05 Å². The molecule has 1 aromatic rings. The molecule has 9 heteroatoms. The zero-order valence-electron chi connectivity index (χ0n) is 9.88. The van der Waals surface area contributed by atoms with Gasteiger partial charge in [0.05, 0.1) is 4.90 Å². The molecule has 1 aliphatic carbocycles. The molecule has 0 amide bonds. The summed E-state index contributed by atoms with van der Waals surface area (Å²) in [7, 11) is -1.60. The lowest BCUT2D eigenvalue weighted by molar-refractivity contribution is 0.457. The highest BCUT2D eigenvalue weighted by Crippen LogP contribution is 2.31. The fourth-order valence-corrected chi connectivity index (χ4v) is 3.85. The summed E-state index contributed by atoms with van der Waals surface area (Å²) < 4.78 is 61.2. The molecule has 0 aromatic heterocycles. The average Bonchev–Trinajstić information content (AvgIpc) is 3.10. The molecule has 1 saturated carbocycles. The van der Waals surface area contributed by atoms with Gasteiger partial charge in [0, 0.05) is 23.8 Å². The monoisotopic (exact) mass is 327 g/mol. The van der Waals surface area contributed by atoms with Crippen LogP contribution in [0.15, 0.2) is 28.0 Å². The summed E-state index contributed by atoms with van der Waals surface area (Å²) in [6.07, 6.45) is 1.48. The van der Waals surface area contributed by atoms with Crippen LogP contribution in [-0.4, -0.2) is 34.2 Å². The summed E-state index contributed by atoms with van der Waals surface area (Å²) in [5.41, 5.74) is 0. The van der Waals surface area contributed by atoms with E-state index in [9.17, 15) is 21.2 Å². The first-order valence-corrected chi connectivity index (χ1v) is 9.11. The second-order valence-electron chi connectivity index (χ2n) is 4.28. The van der Waals surface area contributed by atoms with Crippen LogP contribution >= 0.6 is 10.7 Å². The lowest BCUT2D eigenvalue weighted by atomic mass is 10.3. The van der Waals surface area contributed by atoms with Crippen molar-refractivity contribution in [3.63, 3.8) is 0 Å². The molecule has 5 nitrogen and oxygen atoms in total. The van der Waals surface area contributed by atoms with Crippen LogP contribution in [0.4, 0.5) is 4.39 Å². The number of hydrogen-bond acceptors (Lipinski definition) is 4. The maximum Gasteiger partial charge on any atom is 0.261 e. The summed E-state index contributed by atoms with van der Waals surface area (Å²) in [5, 5.41) is 0. The van der Waals surface area contributed by atoms with Crippen LogP contribution in [0.3, 0.4) is 0 Å². The third-order valence-corrected chi connectivity index (χ3v) is 6.20. The van der Waals surface area contributed by atoms with Crippen LogP contribution in [0.1, 0.15) is 12.8 Å². The van der Waals surface area contributed by atoms with E-state index < -0.39 is 34.7 Å². The minimum absolute atomic E-state index is 0.110. The average molecular weight is 328 g/mol. The second kappa shape index (κ2) is 4.69. The van der Waals surface area contributed by atoms with E-state index in [0.29, 0.717) is 6.07 Å². The Balaban J connectivity index is 2.47. The Bertz CT molecular complexity index is 713. The first-order chi connectivity index (χ1) is 8.64. The number of benzene rings is 1. The quantitative estimate of drug-likeness (QED) is 0.786. The Labute approximate surface area is 115 Å². The van der Waals surface area contributed by atoms with E-state index in [1.165, 1.54) is 7.05 Å². The molecule has 0 bridgehead atoms. The molecule has 0 N–H and O–H groups in total. The van der Waals surface area contributed by atoms with Crippen molar-refractivity contribution in [3.05, 3.63) is 24.0 Å². The van der Waals surface area contributed by atoms with Crippen molar-refractivity contribution in [2.45, 2.75) is 28.7 Å². The lowest BCUT2D eigenvalue weighted by Gasteiger charge is -2.16. The minimum atomic E-state index is -4.09. The molecule has 0 saturated heterocycles. The van der Waals surface area contributed by atoms with Crippen molar-refractivity contribution in [3.8, 4) is 0 Å². The standard InChI is InChI=1S/C10H11ClFNO4S2/c1-13(7-2-3-7)19(16,17)10-5-4-8(6-9(10)12)18(11,14)15/h4-7H,2-3H2,1H3. The highest BCUT2D eigenvalue weighted by atomic mass is 35.7. The zero-order chi connectivity index (χ0) is 14.4. The molecule has 0 unspecified atom stereocenters. The molecule has 0 heterocycles. The van der Waals surface area contributed by atoms with Gasteiger partial charge in [-0.25, -0.2) is 21.2 Å². The second-order valence-corrected chi connectivity index (χ2v) is 8.81. The first kappa shape index (κ1) is 14.7. The van der Waals surface area contributed by atoms with Gasteiger partial charge in [-0.2, -0.15) is 4.31 Å². The summed E-state index contributed by atoms with van der Waals surface area (Å²) in [6.45, 7) is 0. The van der Waals surface area contributed by atoms with E-state index in [4.69, 9.17) is 10.7 Å². The van der Waals surface area contributed by atoms with Gasteiger partial charge in [0.1, 0.15) is 10.7 Å². The fraction of sp³-hybridized carbons (Fsp3) is 0.400. The van der Waals surface area contributed by atoms with E-state index in [1.807, 2.05) is 0 Å². The molecule has 1 fully saturated rings. The summed E-state index contributed by atoms with van der Waals surface area (Å²) >= 11 is 0. The molecule has 1 aromatic carbocycles. The van der Waals surface area contributed by atoms with Crippen LogP contribution in [0.2, 0.25) is 0 Å². The van der Waals surface area contributed by atoms with Crippen molar-refractivity contribution in [1.82, 2.24) is 4.31 Å². The third kappa shape index (κ3) is 2.91. The van der Waals surface area contributed by atoms with E-state index in [2.05, 4.69) is 0 Å². The largest absolute Gasteiger partial charge is 0.261 e. The van der Waals surface area contributed by atoms with Crippen LogP contribution in [0.5, 0.6) is 0 Å². The third-order valence-electron chi connectivity index (χ3n) is 2.90. The van der Waals surface area contributed by atoms with E-state index in [0.717, 1.165) is 29.3 Å². The molecule has 0 aliphatic heterocycles. The highest BCUT2D eigenvalue weighted by molar-refractivity contribution is 8.13. The van der Waals surface area contributed by atoms with Crippen LogP contribution in [0, 0.1) is 5.82 Å². The number of rotatable bonds is 4. The molecule has 0 radical (unpaired) electrons. The SMILES string of the molecule is CN(C1CC1)S(=O)(=O)c1ccc(S(=O)(=O)Cl)cc1F. The van der Waals surface area contributed by atoms with Gasteiger partial charge in [0.15, 0.2) is 0 Å². The number of hydrogen-bond donors (Lipinski definition) is 0. The van der Waals surface area contributed by atoms with Crippen molar-refractivity contribution < 1.29 is 21.2 Å². The Hall–Kier alpha value is -0.700. The first-order valence-electron chi connectivity index (χ1n) is 5.36. The predicted molar refractivity (Wildman–Crippen MR) is 67.4 cm³/mol. The molecule has 106 valence electrons. The molecule has 0 atom stereocenters. The molecule has 2 rings (SSSR count). The van der Waals surface area contributed by atoms with Crippen molar-refractivity contribution >= 4 is 29.8 Å². The number of sulfonamides is 1. The molecular weight excluding hydrogens is 317 g/mol. The van der Waals surface area contributed by atoms with Gasteiger partial charge in [-0.05, 0) is 31.0 Å². The Morgan fingerprint density at radius 1 is 1.26 bits per heavy atom. The van der Waals surface area contributed by atoms with Crippen LogP contribution in [-0.2, 0) is 19.1 Å². The van der Waals surface area contributed by atoms with Crippen LogP contribution < -0.4 is 0 Å².